The summed E-state index contributed by atoms with van der Waals surface area (Å²) in [6, 6.07) is 14.8. The van der Waals surface area contributed by atoms with Crippen LogP contribution in [0.5, 0.6) is 0 Å². The van der Waals surface area contributed by atoms with Gasteiger partial charge in [0.2, 0.25) is 0 Å². The first-order valence-electron chi connectivity index (χ1n) is 13.7. The summed E-state index contributed by atoms with van der Waals surface area (Å²) in [6.07, 6.45) is -6.79. The van der Waals surface area contributed by atoms with Gasteiger partial charge >= 0.3 is 6.09 Å². The molecular weight excluding hydrogens is 560 g/mol. The highest BCUT2D eigenvalue weighted by atomic mass is 16.6. The lowest BCUT2D eigenvalue weighted by Gasteiger charge is -2.49. The molecule has 4 unspecified atom stereocenters. The molecule has 1 aliphatic heterocycles. The van der Waals surface area contributed by atoms with E-state index in [1.54, 1.807) is 0 Å². The number of carbonyl (C=O) groups is 1. The van der Waals surface area contributed by atoms with Crippen LogP contribution in [0.1, 0.15) is 24.0 Å². The van der Waals surface area contributed by atoms with E-state index in [1.807, 2.05) is 60.7 Å². The average Bonchev–Trinajstić information content (AvgIpc) is 3.02. The van der Waals surface area contributed by atoms with E-state index in [2.05, 4.69) is 30.1 Å². The predicted octanol–water partition coefficient (Wildman–Crippen LogP) is 4.12. The average molecular weight is 593 g/mol. The van der Waals surface area contributed by atoms with E-state index in [4.69, 9.17) is 15.0 Å². The third kappa shape index (κ3) is 7.66. The second-order valence-electron chi connectivity index (χ2n) is 10.4. The molecule has 1 saturated carbocycles. The van der Waals surface area contributed by atoms with E-state index in [0.717, 1.165) is 11.1 Å². The van der Waals surface area contributed by atoms with Crippen LogP contribution in [0.4, 0.5) is 4.79 Å². The van der Waals surface area contributed by atoms with Crippen LogP contribution in [-0.4, -0.2) is 81.5 Å². The van der Waals surface area contributed by atoms with Gasteiger partial charge in [-0.1, -0.05) is 76.0 Å². The molecule has 1 saturated heterocycles. The highest BCUT2D eigenvalue weighted by Crippen LogP contribution is 2.39. The van der Waals surface area contributed by atoms with Crippen LogP contribution in [-0.2, 0) is 22.6 Å². The van der Waals surface area contributed by atoms with Crippen molar-refractivity contribution in [1.29, 1.82) is 0 Å². The normalized spacial score (nSPS) is 30.1. The maximum absolute atomic E-state index is 13.3. The van der Waals surface area contributed by atoms with E-state index in [0.29, 0.717) is 6.42 Å². The van der Waals surface area contributed by atoms with Gasteiger partial charge in [0, 0.05) is 27.2 Å². The number of azide groups is 3. The molecule has 0 bridgehead atoms. The summed E-state index contributed by atoms with van der Waals surface area (Å²) >= 11 is 0. The lowest BCUT2D eigenvalue weighted by atomic mass is 9.71. The Morgan fingerprint density at radius 1 is 0.837 bits per heavy atom. The van der Waals surface area contributed by atoms with Crippen molar-refractivity contribution in [3.63, 3.8) is 0 Å². The van der Waals surface area contributed by atoms with Crippen LogP contribution in [0.25, 0.3) is 31.3 Å². The number of rotatable bonds is 10. The first-order chi connectivity index (χ1) is 20.9. The maximum Gasteiger partial charge on any atom is 0.410 e. The highest BCUT2D eigenvalue weighted by Gasteiger charge is 2.54. The molecule has 3 N–H and O–H groups in total. The number of aliphatic hydroxyl groups is 3. The number of hydrogen-bond acceptors (Lipinski definition) is 9. The fourth-order valence-electron chi connectivity index (χ4n) is 5.69. The van der Waals surface area contributed by atoms with Crippen molar-refractivity contribution < 1.29 is 29.6 Å². The summed E-state index contributed by atoms with van der Waals surface area (Å²) in [7, 11) is 0. The molecule has 4 rings (SSSR count). The van der Waals surface area contributed by atoms with Gasteiger partial charge in [-0.25, -0.2) is 4.79 Å². The van der Waals surface area contributed by atoms with Crippen molar-refractivity contribution in [3.8, 4) is 0 Å². The molecule has 226 valence electrons. The summed E-state index contributed by atoms with van der Waals surface area (Å²) in [5, 5.41) is 43.5. The van der Waals surface area contributed by atoms with Crippen LogP contribution in [0.3, 0.4) is 0 Å². The highest BCUT2D eigenvalue weighted by molar-refractivity contribution is 5.67. The molecule has 0 spiro atoms. The van der Waals surface area contributed by atoms with Crippen molar-refractivity contribution in [2.45, 2.75) is 74.6 Å². The maximum atomic E-state index is 13.3. The zero-order valence-electron chi connectivity index (χ0n) is 23.0. The molecular formula is C27H32N10O6. The van der Waals surface area contributed by atoms with Crippen molar-refractivity contribution in [3.05, 3.63) is 103 Å². The minimum atomic E-state index is -1.72. The number of amides is 1. The largest absolute Gasteiger partial charge is 0.445 e. The zero-order valence-corrected chi connectivity index (χ0v) is 23.0. The quantitative estimate of drug-likeness (QED) is 0.208. The van der Waals surface area contributed by atoms with Gasteiger partial charge in [0.05, 0.1) is 55.2 Å². The van der Waals surface area contributed by atoms with Gasteiger partial charge in [0.15, 0.2) is 0 Å². The summed E-state index contributed by atoms with van der Waals surface area (Å²) in [4.78, 5) is 23.1. The number of carbonyl (C=O) groups excluding carboxylic acids is 1. The van der Waals surface area contributed by atoms with Crippen molar-refractivity contribution in [2.24, 2.45) is 21.3 Å². The van der Waals surface area contributed by atoms with Gasteiger partial charge in [0.25, 0.3) is 0 Å². The summed E-state index contributed by atoms with van der Waals surface area (Å²) in [5.41, 5.74) is 29.0. The van der Waals surface area contributed by atoms with Crippen LogP contribution in [0, 0.1) is 5.92 Å². The molecule has 1 heterocycles. The zero-order chi connectivity index (χ0) is 30.8. The topological polar surface area (TPSA) is 246 Å². The Kier molecular flexibility index (Phi) is 11.0. The van der Waals surface area contributed by atoms with Crippen molar-refractivity contribution >= 4 is 6.09 Å². The van der Waals surface area contributed by atoms with Gasteiger partial charge in [-0.05, 0) is 40.6 Å². The lowest BCUT2D eigenvalue weighted by molar-refractivity contribution is -0.174. The molecule has 43 heavy (non-hydrogen) atoms. The fraction of sp³-hybridized carbons (Fsp3) is 0.519. The van der Waals surface area contributed by atoms with Crippen molar-refractivity contribution in [1.82, 2.24) is 4.90 Å². The first kappa shape index (κ1) is 31.4. The predicted molar refractivity (Wildman–Crippen MR) is 152 cm³/mol. The number of benzene rings is 2. The first-order valence-corrected chi connectivity index (χ1v) is 13.7. The van der Waals surface area contributed by atoms with Crippen LogP contribution >= 0.6 is 0 Å². The second kappa shape index (κ2) is 15.1. The van der Waals surface area contributed by atoms with Crippen LogP contribution in [0.2, 0.25) is 0 Å². The monoisotopic (exact) mass is 592 g/mol. The second-order valence-corrected chi connectivity index (χ2v) is 10.4. The van der Waals surface area contributed by atoms with E-state index >= 15 is 0 Å². The Morgan fingerprint density at radius 3 is 2.07 bits per heavy atom. The molecule has 2 fully saturated rings. The Balaban J connectivity index is 1.59. The third-order valence-electron chi connectivity index (χ3n) is 7.75. The van der Waals surface area contributed by atoms with E-state index in [1.165, 1.54) is 4.90 Å². The smallest absolute Gasteiger partial charge is 0.410 e. The van der Waals surface area contributed by atoms with E-state index in [-0.39, 0.29) is 26.1 Å². The Hall–Kier alpha value is -4.52. The number of ether oxygens (including phenoxy) is 2. The number of nitrogens with zero attached hydrogens (tertiary/aromatic N) is 10. The Bertz CT molecular complexity index is 1370. The van der Waals surface area contributed by atoms with Gasteiger partial charge in [-0.3, -0.25) is 0 Å². The summed E-state index contributed by atoms with van der Waals surface area (Å²) in [5.74, 6) is -1.24. The minimum Gasteiger partial charge on any atom is -0.445 e. The van der Waals surface area contributed by atoms with E-state index < -0.39 is 60.7 Å². The molecule has 1 amide bonds. The molecule has 1 aliphatic carbocycles. The number of hydrogen-bond donors (Lipinski definition) is 3. The van der Waals surface area contributed by atoms with Crippen LogP contribution in [0.15, 0.2) is 76.0 Å². The molecule has 16 heteroatoms. The SMILES string of the molecule is [N-]=[N+]=NC1CC[C@@H](CN(Cc2ccccc2)C(=O)OCc2ccccc2)OC1[C@@H]1C(N=[N+]=[N-])[C@H](O)C(N=[N+]=[N-])[C@H](O)[C@H]1O. The van der Waals surface area contributed by atoms with Gasteiger partial charge in [0.1, 0.15) is 6.61 Å². The Morgan fingerprint density at radius 2 is 1.44 bits per heavy atom. The molecule has 16 nitrogen and oxygen atoms in total. The standard InChI is InChI=1S/C27H32N10O6/c28-34-31-19-12-11-18(43-26(19)20-21(32-35-29)24(39)22(33-36-30)25(40)23(20)38)14-37(13-16-7-3-1-4-8-16)27(41)42-15-17-9-5-2-6-10-17/h1-10,18-26,38-40H,11-15H2/t18-,19?,20+,21?,22?,23-,24-,25-,26?/m0/s1. The lowest BCUT2D eigenvalue weighted by Crippen LogP contribution is -2.65. The third-order valence-corrected chi connectivity index (χ3v) is 7.75. The van der Waals surface area contributed by atoms with Gasteiger partial charge < -0.3 is 29.7 Å². The van der Waals surface area contributed by atoms with Crippen molar-refractivity contribution in [2.75, 3.05) is 6.54 Å². The van der Waals surface area contributed by atoms with Crippen LogP contribution < -0.4 is 0 Å². The van der Waals surface area contributed by atoms with Gasteiger partial charge in [-0.15, -0.1) is 0 Å². The van der Waals surface area contributed by atoms with Gasteiger partial charge in [-0.2, -0.15) is 0 Å². The Labute approximate surface area is 246 Å². The van der Waals surface area contributed by atoms with E-state index in [9.17, 15) is 31.2 Å². The molecule has 0 radical (unpaired) electrons. The number of aliphatic hydroxyl groups excluding tert-OH is 3. The molecule has 0 aromatic heterocycles. The molecule has 2 aliphatic rings. The molecule has 9 atom stereocenters. The fourth-order valence-corrected chi connectivity index (χ4v) is 5.69. The summed E-state index contributed by atoms with van der Waals surface area (Å²) < 4.78 is 11.9. The molecule has 2 aromatic rings. The minimum absolute atomic E-state index is 0.0578. The summed E-state index contributed by atoms with van der Waals surface area (Å²) in [6.45, 7) is 0.323. The molecule has 2 aromatic carbocycles.